The first-order chi connectivity index (χ1) is 13.2. The maximum atomic E-state index is 12.1. The molecule has 2 fully saturated rings. The molecule has 0 aliphatic carbocycles. The molecule has 7 nitrogen and oxygen atoms in total. The maximum absolute atomic E-state index is 12.1. The van der Waals surface area contributed by atoms with Crippen molar-refractivity contribution in [2.75, 3.05) is 52.5 Å². The molecule has 0 radical (unpaired) electrons. The van der Waals surface area contributed by atoms with Crippen molar-refractivity contribution in [1.29, 1.82) is 0 Å². The van der Waals surface area contributed by atoms with Crippen LogP contribution in [0.5, 0.6) is 5.75 Å². The third kappa shape index (κ3) is 5.68. The van der Waals surface area contributed by atoms with Crippen LogP contribution in [0.15, 0.2) is 24.3 Å². The van der Waals surface area contributed by atoms with Crippen LogP contribution in [-0.4, -0.2) is 74.2 Å². The van der Waals surface area contributed by atoms with Crippen LogP contribution in [0.4, 0.5) is 0 Å². The SMILES string of the molecule is CCNC(=O)C1CCN(Cc2ccc(OCC(=O)N3CCOCC3)cc2)C1. The van der Waals surface area contributed by atoms with Gasteiger partial charge in [-0.15, -0.1) is 0 Å². The number of nitrogens with one attached hydrogen (secondary N) is 1. The monoisotopic (exact) mass is 375 g/mol. The summed E-state index contributed by atoms with van der Waals surface area (Å²) in [5.41, 5.74) is 1.18. The number of carbonyl (C=O) groups is 2. The van der Waals surface area contributed by atoms with E-state index in [2.05, 4.69) is 10.2 Å². The largest absolute Gasteiger partial charge is 0.484 e. The molecule has 0 saturated carbocycles. The Balaban J connectivity index is 1.42. The standard InChI is InChI=1S/C20H29N3O4/c1-2-21-20(25)17-7-8-22(14-17)13-16-3-5-18(6-4-16)27-15-19(24)23-9-11-26-12-10-23/h3-6,17H,2,7-15H2,1H3,(H,21,25). The van der Waals surface area contributed by atoms with Crippen LogP contribution in [0.1, 0.15) is 18.9 Å². The fourth-order valence-corrected chi connectivity index (χ4v) is 3.51. The van der Waals surface area contributed by atoms with Gasteiger partial charge in [-0.2, -0.15) is 0 Å². The highest BCUT2D eigenvalue weighted by Gasteiger charge is 2.27. The van der Waals surface area contributed by atoms with Crippen LogP contribution in [0.2, 0.25) is 0 Å². The first-order valence-electron chi connectivity index (χ1n) is 9.73. The Morgan fingerprint density at radius 3 is 2.63 bits per heavy atom. The lowest BCUT2D eigenvalue weighted by Crippen LogP contribution is -2.42. The molecule has 0 spiro atoms. The first-order valence-corrected chi connectivity index (χ1v) is 9.73. The van der Waals surface area contributed by atoms with Gasteiger partial charge in [0.2, 0.25) is 5.91 Å². The fourth-order valence-electron chi connectivity index (χ4n) is 3.51. The molecule has 0 bridgehead atoms. The molecule has 1 aromatic rings. The topological polar surface area (TPSA) is 71.1 Å². The molecule has 27 heavy (non-hydrogen) atoms. The van der Waals surface area contributed by atoms with Crippen molar-refractivity contribution in [1.82, 2.24) is 15.1 Å². The summed E-state index contributed by atoms with van der Waals surface area (Å²) in [6, 6.07) is 7.85. The second-order valence-electron chi connectivity index (χ2n) is 7.04. The molecule has 0 aromatic heterocycles. The second-order valence-corrected chi connectivity index (χ2v) is 7.04. The quantitative estimate of drug-likeness (QED) is 0.766. The number of rotatable bonds is 7. The van der Waals surface area contributed by atoms with E-state index < -0.39 is 0 Å². The van der Waals surface area contributed by atoms with E-state index in [1.54, 1.807) is 4.90 Å². The molecule has 7 heteroatoms. The minimum Gasteiger partial charge on any atom is -0.484 e. The van der Waals surface area contributed by atoms with Gasteiger partial charge in [0.1, 0.15) is 5.75 Å². The maximum Gasteiger partial charge on any atom is 0.260 e. The summed E-state index contributed by atoms with van der Waals surface area (Å²) in [4.78, 5) is 28.1. The number of benzene rings is 1. The summed E-state index contributed by atoms with van der Waals surface area (Å²) in [7, 11) is 0. The number of amides is 2. The molecule has 1 N–H and O–H groups in total. The van der Waals surface area contributed by atoms with Crippen molar-refractivity contribution in [3.8, 4) is 5.75 Å². The molecule has 1 unspecified atom stereocenters. The minimum atomic E-state index is -0.00385. The molecule has 2 heterocycles. The third-order valence-corrected chi connectivity index (χ3v) is 5.05. The van der Waals surface area contributed by atoms with Gasteiger partial charge < -0.3 is 19.7 Å². The van der Waals surface area contributed by atoms with E-state index in [9.17, 15) is 9.59 Å². The number of hydrogen-bond donors (Lipinski definition) is 1. The van der Waals surface area contributed by atoms with Crippen LogP contribution < -0.4 is 10.1 Å². The zero-order valence-corrected chi connectivity index (χ0v) is 16.0. The second kappa shape index (κ2) is 9.71. The number of nitrogens with zero attached hydrogens (tertiary/aromatic N) is 2. The highest BCUT2D eigenvalue weighted by Crippen LogP contribution is 2.20. The minimum absolute atomic E-state index is 0.00385. The van der Waals surface area contributed by atoms with Gasteiger partial charge >= 0.3 is 0 Å². The van der Waals surface area contributed by atoms with E-state index in [0.29, 0.717) is 38.6 Å². The fraction of sp³-hybridized carbons (Fsp3) is 0.600. The van der Waals surface area contributed by atoms with E-state index in [-0.39, 0.29) is 24.3 Å². The van der Waals surface area contributed by atoms with Crippen molar-refractivity contribution < 1.29 is 19.1 Å². The Hall–Kier alpha value is -2.12. The predicted octanol–water partition coefficient (Wildman–Crippen LogP) is 0.882. The molecule has 2 aliphatic rings. The van der Waals surface area contributed by atoms with Gasteiger partial charge in [0, 0.05) is 32.7 Å². The number of likely N-dealkylation sites (tertiary alicyclic amines) is 1. The van der Waals surface area contributed by atoms with Crippen molar-refractivity contribution in [3.63, 3.8) is 0 Å². The molecule has 2 aliphatic heterocycles. The van der Waals surface area contributed by atoms with Gasteiger partial charge in [0.25, 0.3) is 5.91 Å². The molecule has 148 valence electrons. The summed E-state index contributed by atoms with van der Waals surface area (Å²) in [5.74, 6) is 0.949. The lowest BCUT2D eigenvalue weighted by molar-refractivity contribution is -0.137. The Morgan fingerprint density at radius 2 is 1.93 bits per heavy atom. The molecule has 2 amide bonds. The highest BCUT2D eigenvalue weighted by atomic mass is 16.5. The summed E-state index contributed by atoms with van der Waals surface area (Å²) in [5, 5.41) is 2.91. The summed E-state index contributed by atoms with van der Waals surface area (Å²) < 4.78 is 10.9. The van der Waals surface area contributed by atoms with Crippen LogP contribution in [0.3, 0.4) is 0 Å². The Kier molecular flexibility index (Phi) is 7.06. The van der Waals surface area contributed by atoms with Crippen molar-refractivity contribution in [2.24, 2.45) is 5.92 Å². The molecular weight excluding hydrogens is 346 g/mol. The van der Waals surface area contributed by atoms with Crippen LogP contribution in [0, 0.1) is 5.92 Å². The lowest BCUT2D eigenvalue weighted by atomic mass is 10.1. The van der Waals surface area contributed by atoms with Crippen LogP contribution >= 0.6 is 0 Å². The highest BCUT2D eigenvalue weighted by molar-refractivity contribution is 5.79. The zero-order valence-electron chi connectivity index (χ0n) is 16.0. The molecule has 3 rings (SSSR count). The van der Waals surface area contributed by atoms with Crippen molar-refractivity contribution >= 4 is 11.8 Å². The van der Waals surface area contributed by atoms with E-state index >= 15 is 0 Å². The normalized spacial score (nSPS) is 20.5. The van der Waals surface area contributed by atoms with Crippen molar-refractivity contribution in [2.45, 2.75) is 19.9 Å². The van der Waals surface area contributed by atoms with E-state index in [1.165, 1.54) is 5.56 Å². The zero-order chi connectivity index (χ0) is 19.1. The number of ether oxygens (including phenoxy) is 2. The summed E-state index contributed by atoms with van der Waals surface area (Å²) in [6.07, 6.45) is 0.913. The summed E-state index contributed by atoms with van der Waals surface area (Å²) in [6.45, 7) is 7.71. The predicted molar refractivity (Wildman–Crippen MR) is 101 cm³/mol. The Bertz CT molecular complexity index is 629. The first kappa shape index (κ1) is 19.6. The van der Waals surface area contributed by atoms with Crippen LogP contribution in [-0.2, 0) is 20.9 Å². The molecular formula is C20H29N3O4. The van der Waals surface area contributed by atoms with Gasteiger partial charge in [-0.3, -0.25) is 14.5 Å². The number of morpholine rings is 1. The lowest BCUT2D eigenvalue weighted by Gasteiger charge is -2.26. The van der Waals surface area contributed by atoms with Crippen LogP contribution in [0.25, 0.3) is 0 Å². The van der Waals surface area contributed by atoms with Gasteiger partial charge in [0.05, 0.1) is 19.1 Å². The van der Waals surface area contributed by atoms with Gasteiger partial charge in [-0.1, -0.05) is 12.1 Å². The van der Waals surface area contributed by atoms with E-state index in [1.807, 2.05) is 31.2 Å². The van der Waals surface area contributed by atoms with Gasteiger partial charge in [-0.05, 0) is 37.6 Å². The number of carbonyl (C=O) groups excluding carboxylic acids is 2. The average molecular weight is 375 g/mol. The van der Waals surface area contributed by atoms with Crippen molar-refractivity contribution in [3.05, 3.63) is 29.8 Å². The smallest absolute Gasteiger partial charge is 0.260 e. The molecule has 2 saturated heterocycles. The Labute approximate surface area is 160 Å². The number of hydrogen-bond acceptors (Lipinski definition) is 5. The van der Waals surface area contributed by atoms with Gasteiger partial charge in [-0.25, -0.2) is 0 Å². The average Bonchev–Trinajstić information content (AvgIpc) is 3.17. The van der Waals surface area contributed by atoms with E-state index in [0.717, 1.165) is 26.1 Å². The van der Waals surface area contributed by atoms with Gasteiger partial charge in [0.15, 0.2) is 6.61 Å². The molecule has 1 aromatic carbocycles. The third-order valence-electron chi connectivity index (χ3n) is 5.05. The summed E-state index contributed by atoms with van der Waals surface area (Å²) >= 11 is 0. The van der Waals surface area contributed by atoms with E-state index in [4.69, 9.17) is 9.47 Å². The molecule has 1 atom stereocenters. The Morgan fingerprint density at radius 1 is 1.19 bits per heavy atom.